The Bertz CT molecular complexity index is 683. The average molecular weight is 343 g/mol. The first-order valence-corrected chi connectivity index (χ1v) is 7.08. The van der Waals surface area contributed by atoms with Crippen LogP contribution in [0.25, 0.3) is 5.69 Å². The molecule has 0 aliphatic heterocycles. The van der Waals surface area contributed by atoms with Crippen LogP contribution in [0.4, 0.5) is 5.69 Å². The van der Waals surface area contributed by atoms with Crippen LogP contribution in [0.1, 0.15) is 31.5 Å². The van der Waals surface area contributed by atoms with E-state index in [1.54, 1.807) is 29.8 Å². The van der Waals surface area contributed by atoms with Gasteiger partial charge in [0, 0.05) is 11.6 Å². The minimum absolute atomic E-state index is 0. The van der Waals surface area contributed by atoms with Crippen molar-refractivity contribution in [2.24, 2.45) is 5.73 Å². The molecule has 1 aromatic heterocycles. The average Bonchev–Trinajstić information content (AvgIpc) is 3.18. The molecule has 0 spiro atoms. The number of benzene rings is 1. The number of amides is 1. The van der Waals surface area contributed by atoms with Crippen molar-refractivity contribution in [2.75, 3.05) is 5.32 Å². The van der Waals surface area contributed by atoms with Crippen LogP contribution in [0, 0.1) is 0 Å². The molecule has 1 atom stereocenters. The van der Waals surface area contributed by atoms with E-state index >= 15 is 0 Å². The number of hydrogen-bond acceptors (Lipinski definition) is 5. The highest BCUT2D eigenvalue weighted by atomic mass is 35.5. The number of nitrogens with one attached hydrogen (secondary N) is 1. The molecule has 22 heavy (non-hydrogen) atoms. The molecule has 1 aliphatic carbocycles. The minimum Gasteiger partial charge on any atom is -0.325 e. The molecule has 1 fully saturated rings. The van der Waals surface area contributed by atoms with Gasteiger partial charge in [0.1, 0.15) is 0 Å². The summed E-state index contributed by atoms with van der Waals surface area (Å²) in [6.07, 6.45) is 2.16. The van der Waals surface area contributed by atoms with Gasteiger partial charge in [-0.1, -0.05) is 11.6 Å². The van der Waals surface area contributed by atoms with Crippen LogP contribution in [0.3, 0.4) is 0 Å². The van der Waals surface area contributed by atoms with Gasteiger partial charge in [-0.15, -0.1) is 17.5 Å². The minimum atomic E-state index is -0.584. The fourth-order valence-electron chi connectivity index (χ4n) is 1.97. The zero-order valence-corrected chi connectivity index (χ0v) is 13.4. The third-order valence-corrected chi connectivity index (χ3v) is 3.61. The molecule has 1 heterocycles. The maximum Gasteiger partial charge on any atom is 0.240 e. The van der Waals surface area contributed by atoms with Crippen LogP contribution in [-0.4, -0.2) is 32.2 Å². The number of carbonyl (C=O) groups is 1. The molecule has 1 amide bonds. The number of hydrogen-bond donors (Lipinski definition) is 2. The van der Waals surface area contributed by atoms with E-state index in [0.29, 0.717) is 22.3 Å². The van der Waals surface area contributed by atoms with Crippen LogP contribution >= 0.6 is 24.0 Å². The molecule has 7 nitrogen and oxygen atoms in total. The first-order chi connectivity index (χ1) is 10.1. The Hall–Kier alpha value is -1.70. The van der Waals surface area contributed by atoms with Crippen LogP contribution in [0.5, 0.6) is 0 Å². The van der Waals surface area contributed by atoms with Crippen molar-refractivity contribution in [1.82, 2.24) is 20.2 Å². The lowest BCUT2D eigenvalue weighted by Crippen LogP contribution is -2.32. The number of tetrazole rings is 1. The highest BCUT2D eigenvalue weighted by Gasteiger charge is 2.30. The van der Waals surface area contributed by atoms with Crippen molar-refractivity contribution in [2.45, 2.75) is 31.7 Å². The van der Waals surface area contributed by atoms with Gasteiger partial charge in [-0.2, -0.15) is 4.68 Å². The van der Waals surface area contributed by atoms with Crippen LogP contribution in [-0.2, 0) is 4.79 Å². The predicted molar refractivity (Wildman–Crippen MR) is 85.7 cm³/mol. The number of rotatable bonds is 4. The summed E-state index contributed by atoms with van der Waals surface area (Å²) in [7, 11) is 0. The summed E-state index contributed by atoms with van der Waals surface area (Å²) in [5.74, 6) is 0.924. The Morgan fingerprint density at radius 3 is 2.86 bits per heavy atom. The van der Waals surface area contributed by atoms with Gasteiger partial charge in [-0.25, -0.2) is 0 Å². The van der Waals surface area contributed by atoms with E-state index in [0.717, 1.165) is 18.7 Å². The van der Waals surface area contributed by atoms with Gasteiger partial charge in [0.2, 0.25) is 5.91 Å². The van der Waals surface area contributed by atoms with Gasteiger partial charge < -0.3 is 11.1 Å². The van der Waals surface area contributed by atoms with Gasteiger partial charge in [-0.3, -0.25) is 4.79 Å². The second kappa shape index (κ2) is 6.60. The largest absolute Gasteiger partial charge is 0.325 e. The van der Waals surface area contributed by atoms with Crippen LogP contribution in [0.2, 0.25) is 5.02 Å². The van der Waals surface area contributed by atoms with Crippen LogP contribution < -0.4 is 11.1 Å². The van der Waals surface area contributed by atoms with Crippen molar-refractivity contribution in [3.63, 3.8) is 0 Å². The second-order valence-corrected chi connectivity index (χ2v) is 5.57. The predicted octanol–water partition coefficient (Wildman–Crippen LogP) is 1.90. The molecule has 3 rings (SSSR count). The Kier molecular flexibility index (Phi) is 5.00. The van der Waals surface area contributed by atoms with E-state index in [-0.39, 0.29) is 18.3 Å². The highest BCUT2D eigenvalue weighted by Crippen LogP contribution is 2.39. The fraction of sp³-hybridized carbons (Fsp3) is 0.385. The molecule has 0 radical (unpaired) electrons. The van der Waals surface area contributed by atoms with E-state index < -0.39 is 6.04 Å². The van der Waals surface area contributed by atoms with Gasteiger partial charge in [0.25, 0.3) is 0 Å². The standard InChI is InChI=1S/C13H15ClN6O.ClH/c1-7(15)13(21)16-9-4-5-10(14)11(6-9)20-12(8-2-3-8)17-18-19-20;/h4-8H,2-3,15H2,1H3,(H,16,21);1H/t7-;/m0./s1. The number of anilines is 1. The van der Waals surface area contributed by atoms with E-state index in [9.17, 15) is 4.79 Å². The molecule has 1 saturated carbocycles. The fourth-order valence-corrected chi connectivity index (χ4v) is 2.17. The smallest absolute Gasteiger partial charge is 0.240 e. The molecule has 0 bridgehead atoms. The lowest BCUT2D eigenvalue weighted by atomic mass is 10.2. The second-order valence-electron chi connectivity index (χ2n) is 5.17. The molecule has 1 aromatic carbocycles. The molecule has 0 saturated heterocycles. The van der Waals surface area contributed by atoms with E-state index in [1.165, 1.54) is 0 Å². The molecule has 2 aromatic rings. The van der Waals surface area contributed by atoms with E-state index in [2.05, 4.69) is 20.8 Å². The summed E-state index contributed by atoms with van der Waals surface area (Å²) in [5.41, 5.74) is 6.79. The normalized spacial score (nSPS) is 15.0. The Labute approximate surface area is 138 Å². The summed E-state index contributed by atoms with van der Waals surface area (Å²) in [4.78, 5) is 11.7. The Balaban J connectivity index is 0.00000176. The lowest BCUT2D eigenvalue weighted by Gasteiger charge is -2.11. The topological polar surface area (TPSA) is 98.7 Å². The summed E-state index contributed by atoms with van der Waals surface area (Å²) < 4.78 is 1.63. The quantitative estimate of drug-likeness (QED) is 0.883. The molecular formula is C13H16Cl2N6O. The van der Waals surface area contributed by atoms with Crippen molar-refractivity contribution >= 4 is 35.6 Å². The Morgan fingerprint density at radius 1 is 1.50 bits per heavy atom. The monoisotopic (exact) mass is 342 g/mol. The van der Waals surface area contributed by atoms with Gasteiger partial charge in [0.15, 0.2) is 5.82 Å². The molecule has 118 valence electrons. The van der Waals surface area contributed by atoms with Crippen molar-refractivity contribution < 1.29 is 4.79 Å². The lowest BCUT2D eigenvalue weighted by molar-refractivity contribution is -0.117. The third-order valence-electron chi connectivity index (χ3n) is 3.29. The number of nitrogens with zero attached hydrogens (tertiary/aromatic N) is 4. The molecule has 0 unspecified atom stereocenters. The maximum atomic E-state index is 11.7. The van der Waals surface area contributed by atoms with Gasteiger partial charge in [0.05, 0.1) is 16.8 Å². The zero-order chi connectivity index (χ0) is 15.0. The van der Waals surface area contributed by atoms with Gasteiger partial charge in [-0.05, 0) is 48.4 Å². The SMILES string of the molecule is C[C@H](N)C(=O)Nc1ccc(Cl)c(-n2nnnc2C2CC2)c1.Cl. The number of halogens is 2. The maximum absolute atomic E-state index is 11.7. The van der Waals surface area contributed by atoms with E-state index in [4.69, 9.17) is 17.3 Å². The summed E-state index contributed by atoms with van der Waals surface area (Å²) in [6, 6.07) is 4.57. The molecule has 3 N–H and O–H groups in total. The number of aromatic nitrogens is 4. The first kappa shape index (κ1) is 16.7. The van der Waals surface area contributed by atoms with E-state index in [1.807, 2.05) is 0 Å². The summed E-state index contributed by atoms with van der Waals surface area (Å²) in [5, 5.41) is 15.0. The zero-order valence-electron chi connectivity index (χ0n) is 11.9. The third kappa shape index (κ3) is 3.37. The number of nitrogens with two attached hydrogens (primary N) is 1. The van der Waals surface area contributed by atoms with Crippen molar-refractivity contribution in [3.8, 4) is 5.69 Å². The molecule has 9 heteroatoms. The summed E-state index contributed by atoms with van der Waals surface area (Å²) >= 11 is 6.23. The summed E-state index contributed by atoms with van der Waals surface area (Å²) in [6.45, 7) is 1.62. The van der Waals surface area contributed by atoms with Crippen LogP contribution in [0.15, 0.2) is 18.2 Å². The van der Waals surface area contributed by atoms with Crippen molar-refractivity contribution in [1.29, 1.82) is 0 Å². The highest BCUT2D eigenvalue weighted by molar-refractivity contribution is 6.32. The first-order valence-electron chi connectivity index (χ1n) is 6.71. The van der Waals surface area contributed by atoms with Gasteiger partial charge >= 0.3 is 0 Å². The molecule has 1 aliphatic rings. The Morgan fingerprint density at radius 2 is 2.23 bits per heavy atom. The van der Waals surface area contributed by atoms with Crippen molar-refractivity contribution in [3.05, 3.63) is 29.0 Å². The number of carbonyl (C=O) groups excluding carboxylic acids is 1. The molecular weight excluding hydrogens is 327 g/mol.